The van der Waals surface area contributed by atoms with Crippen molar-refractivity contribution in [2.24, 2.45) is 0 Å². The molecule has 0 spiro atoms. The van der Waals surface area contributed by atoms with Crippen molar-refractivity contribution in [3.05, 3.63) is 20.8 Å². The molecule has 1 aliphatic rings. The molecule has 1 saturated heterocycles. The Labute approximate surface area is 109 Å². The topological polar surface area (TPSA) is 46.2 Å². The lowest BCUT2D eigenvalue weighted by Crippen LogP contribution is -2.39. The van der Waals surface area contributed by atoms with Crippen molar-refractivity contribution in [2.45, 2.75) is 18.9 Å². The van der Waals surface area contributed by atoms with Gasteiger partial charge < -0.3 is 5.32 Å². The van der Waals surface area contributed by atoms with Gasteiger partial charge in [0.1, 0.15) is 4.88 Å². The Morgan fingerprint density at radius 2 is 2.19 bits per heavy atom. The maximum Gasteiger partial charge on any atom is 0.262 e. The molecular formula is C10H12BrNO2S2. The summed E-state index contributed by atoms with van der Waals surface area (Å²) in [5.41, 5.74) is 0. The summed E-state index contributed by atoms with van der Waals surface area (Å²) in [6.45, 7) is 0. The van der Waals surface area contributed by atoms with Crippen LogP contribution < -0.4 is 5.32 Å². The first kappa shape index (κ1) is 12.3. The first-order chi connectivity index (χ1) is 7.66. The van der Waals surface area contributed by atoms with E-state index < -0.39 is 10.8 Å². The highest BCUT2D eigenvalue weighted by molar-refractivity contribution is 9.10. The summed E-state index contributed by atoms with van der Waals surface area (Å²) in [7, 11) is -0.675. The van der Waals surface area contributed by atoms with Crippen LogP contribution in [0.1, 0.15) is 22.5 Å². The molecule has 2 heterocycles. The van der Waals surface area contributed by atoms with Crippen LogP contribution in [0.25, 0.3) is 0 Å². The Bertz CT molecular complexity index is 409. The van der Waals surface area contributed by atoms with Gasteiger partial charge in [0.2, 0.25) is 0 Å². The van der Waals surface area contributed by atoms with E-state index >= 15 is 0 Å². The van der Waals surface area contributed by atoms with E-state index in [9.17, 15) is 9.00 Å². The second-order valence-corrected chi connectivity index (χ2v) is 7.16. The van der Waals surface area contributed by atoms with Crippen molar-refractivity contribution in [1.82, 2.24) is 5.32 Å². The largest absolute Gasteiger partial charge is 0.349 e. The number of rotatable bonds is 2. The standard InChI is InChI=1S/C10H12BrNO2S2/c11-8-1-4-15-9(8)10(13)12-7-2-5-16(14)6-3-7/h1,4,7H,2-3,5-6H2,(H,12,13). The van der Waals surface area contributed by atoms with Gasteiger partial charge in [-0.05, 0) is 40.2 Å². The lowest BCUT2D eigenvalue weighted by Gasteiger charge is -2.22. The molecule has 0 aromatic carbocycles. The summed E-state index contributed by atoms with van der Waals surface area (Å²) >= 11 is 4.77. The van der Waals surface area contributed by atoms with E-state index in [4.69, 9.17) is 0 Å². The number of halogens is 1. The maximum atomic E-state index is 11.9. The number of hydrogen-bond acceptors (Lipinski definition) is 3. The Balaban J connectivity index is 1.93. The second-order valence-electron chi connectivity index (χ2n) is 3.69. The number of amides is 1. The van der Waals surface area contributed by atoms with Crippen molar-refractivity contribution in [2.75, 3.05) is 11.5 Å². The lowest BCUT2D eigenvalue weighted by atomic mass is 10.1. The van der Waals surface area contributed by atoms with Crippen molar-refractivity contribution in [3.8, 4) is 0 Å². The highest BCUT2D eigenvalue weighted by Crippen LogP contribution is 2.23. The smallest absolute Gasteiger partial charge is 0.262 e. The minimum atomic E-state index is -0.675. The van der Waals surface area contributed by atoms with E-state index in [-0.39, 0.29) is 11.9 Å². The van der Waals surface area contributed by atoms with Crippen LogP contribution >= 0.6 is 27.3 Å². The molecule has 1 fully saturated rings. The number of thiophene rings is 1. The van der Waals surface area contributed by atoms with Gasteiger partial charge in [-0.1, -0.05) is 0 Å². The SMILES string of the molecule is O=C(NC1CCS(=O)CC1)c1sccc1Br. The molecule has 1 aromatic heterocycles. The van der Waals surface area contributed by atoms with Gasteiger partial charge in [-0.3, -0.25) is 9.00 Å². The van der Waals surface area contributed by atoms with Gasteiger partial charge in [-0.25, -0.2) is 0 Å². The molecule has 0 aliphatic carbocycles. The quantitative estimate of drug-likeness (QED) is 0.907. The fraction of sp³-hybridized carbons (Fsp3) is 0.500. The van der Waals surface area contributed by atoms with Crippen LogP contribution in [0.3, 0.4) is 0 Å². The molecule has 2 rings (SSSR count). The van der Waals surface area contributed by atoms with Crippen LogP contribution in [-0.2, 0) is 10.8 Å². The van der Waals surface area contributed by atoms with Gasteiger partial charge in [0.05, 0.1) is 0 Å². The molecule has 1 amide bonds. The highest BCUT2D eigenvalue weighted by Gasteiger charge is 2.21. The van der Waals surface area contributed by atoms with Crippen molar-refractivity contribution in [1.29, 1.82) is 0 Å². The van der Waals surface area contributed by atoms with Crippen LogP contribution in [0.2, 0.25) is 0 Å². The first-order valence-electron chi connectivity index (χ1n) is 5.05. The molecule has 0 bridgehead atoms. The molecule has 1 aliphatic heterocycles. The summed E-state index contributed by atoms with van der Waals surface area (Å²) in [6.07, 6.45) is 1.64. The predicted molar refractivity (Wildman–Crippen MR) is 70.4 cm³/mol. The zero-order valence-electron chi connectivity index (χ0n) is 8.57. The zero-order chi connectivity index (χ0) is 11.5. The Hall–Kier alpha value is -0.200. The van der Waals surface area contributed by atoms with Gasteiger partial charge in [-0.15, -0.1) is 11.3 Å². The predicted octanol–water partition coefficient (Wildman–Crippen LogP) is 2.15. The zero-order valence-corrected chi connectivity index (χ0v) is 11.8. The number of hydrogen-bond donors (Lipinski definition) is 1. The normalized spacial score (nSPS) is 25.3. The van der Waals surface area contributed by atoms with E-state index in [2.05, 4.69) is 21.2 Å². The monoisotopic (exact) mass is 321 g/mol. The van der Waals surface area contributed by atoms with E-state index in [1.54, 1.807) is 0 Å². The fourth-order valence-electron chi connectivity index (χ4n) is 1.64. The fourth-order valence-corrected chi connectivity index (χ4v) is 4.40. The summed E-state index contributed by atoms with van der Waals surface area (Å²) in [5.74, 6) is 1.38. The van der Waals surface area contributed by atoms with Crippen molar-refractivity contribution < 1.29 is 9.00 Å². The molecular weight excluding hydrogens is 310 g/mol. The first-order valence-corrected chi connectivity index (χ1v) is 8.21. The van der Waals surface area contributed by atoms with E-state index in [1.165, 1.54) is 11.3 Å². The molecule has 3 nitrogen and oxygen atoms in total. The number of carbonyl (C=O) groups excluding carboxylic acids is 1. The Morgan fingerprint density at radius 3 is 2.75 bits per heavy atom. The second kappa shape index (κ2) is 5.42. The van der Waals surface area contributed by atoms with Crippen LogP contribution in [0.15, 0.2) is 15.9 Å². The summed E-state index contributed by atoms with van der Waals surface area (Å²) < 4.78 is 12.0. The van der Waals surface area contributed by atoms with Crippen molar-refractivity contribution >= 4 is 44.0 Å². The number of carbonyl (C=O) groups is 1. The van der Waals surface area contributed by atoms with Gasteiger partial charge in [0.25, 0.3) is 5.91 Å². The molecule has 0 unspecified atom stereocenters. The van der Waals surface area contributed by atoms with E-state index in [0.717, 1.165) is 17.3 Å². The van der Waals surface area contributed by atoms with Crippen molar-refractivity contribution in [3.63, 3.8) is 0 Å². The van der Waals surface area contributed by atoms with Gasteiger partial charge >= 0.3 is 0 Å². The third-order valence-corrected chi connectivity index (χ3v) is 5.77. The average Bonchev–Trinajstić information content (AvgIpc) is 2.68. The summed E-state index contributed by atoms with van der Waals surface area (Å²) in [5, 5.41) is 4.87. The summed E-state index contributed by atoms with van der Waals surface area (Å²) in [6, 6.07) is 2.05. The summed E-state index contributed by atoms with van der Waals surface area (Å²) in [4.78, 5) is 12.6. The van der Waals surface area contributed by atoms with Crippen LogP contribution in [0.5, 0.6) is 0 Å². The molecule has 1 N–H and O–H groups in total. The van der Waals surface area contributed by atoms with Crippen LogP contribution in [0, 0.1) is 0 Å². The lowest BCUT2D eigenvalue weighted by molar-refractivity contribution is 0.0938. The average molecular weight is 322 g/mol. The highest BCUT2D eigenvalue weighted by atomic mass is 79.9. The minimum Gasteiger partial charge on any atom is -0.349 e. The van der Waals surface area contributed by atoms with E-state index in [1.807, 2.05) is 11.4 Å². The van der Waals surface area contributed by atoms with E-state index in [0.29, 0.717) is 16.4 Å². The Kier molecular flexibility index (Phi) is 4.16. The maximum absolute atomic E-state index is 11.9. The molecule has 16 heavy (non-hydrogen) atoms. The molecule has 0 radical (unpaired) electrons. The van der Waals surface area contributed by atoms with Crippen LogP contribution in [0.4, 0.5) is 0 Å². The molecule has 6 heteroatoms. The molecule has 0 saturated carbocycles. The van der Waals surface area contributed by atoms with Gasteiger partial charge in [-0.2, -0.15) is 0 Å². The molecule has 1 aromatic rings. The number of nitrogens with one attached hydrogen (secondary N) is 1. The Morgan fingerprint density at radius 1 is 1.50 bits per heavy atom. The van der Waals surface area contributed by atoms with Gasteiger partial charge in [0, 0.05) is 32.8 Å². The third kappa shape index (κ3) is 2.93. The molecule has 88 valence electrons. The van der Waals surface area contributed by atoms with Gasteiger partial charge in [0.15, 0.2) is 0 Å². The minimum absolute atomic E-state index is 0.0282. The van der Waals surface area contributed by atoms with Crippen LogP contribution in [-0.4, -0.2) is 27.7 Å². The molecule has 0 atom stereocenters. The third-order valence-electron chi connectivity index (χ3n) is 2.55.